The predicted octanol–water partition coefficient (Wildman–Crippen LogP) is 9.12. The number of rotatable bonds is 14. The highest BCUT2D eigenvalue weighted by Gasteiger charge is 2.50. The van der Waals surface area contributed by atoms with Crippen LogP contribution in [0.4, 0.5) is 0 Å². The van der Waals surface area contributed by atoms with E-state index < -0.39 is 11.2 Å². The Hall–Kier alpha value is -2.56. The van der Waals surface area contributed by atoms with Crippen molar-refractivity contribution < 1.29 is 24.5 Å². The number of benzene rings is 1. The second kappa shape index (κ2) is 16.5. The Morgan fingerprint density at radius 3 is 1.77 bits per heavy atom. The van der Waals surface area contributed by atoms with Gasteiger partial charge in [0.1, 0.15) is 22.8 Å². The Morgan fingerprint density at radius 1 is 0.846 bits per heavy atom. The monoisotopic (exact) mass is 542 g/mol. The van der Waals surface area contributed by atoms with Gasteiger partial charge in [-0.15, -0.1) is 0 Å². The van der Waals surface area contributed by atoms with E-state index in [-0.39, 0.29) is 29.3 Å². The molecule has 0 amide bonds. The van der Waals surface area contributed by atoms with Gasteiger partial charge in [0.25, 0.3) is 0 Å². The number of hydrogen-bond acceptors (Lipinski definition) is 5. The van der Waals surface area contributed by atoms with Crippen molar-refractivity contribution in [2.45, 2.75) is 113 Å². The smallest absolute Gasteiger partial charge is 0.183 e. The van der Waals surface area contributed by atoms with E-state index >= 15 is 0 Å². The van der Waals surface area contributed by atoms with Gasteiger partial charge in [0.2, 0.25) is 0 Å². The predicted molar refractivity (Wildman–Crippen MR) is 161 cm³/mol. The highest BCUT2D eigenvalue weighted by molar-refractivity contribution is 6.24. The molecule has 0 radical (unpaired) electrons. The molecule has 1 aliphatic carbocycles. The van der Waals surface area contributed by atoms with Crippen LogP contribution in [0.3, 0.4) is 0 Å². The lowest BCUT2D eigenvalue weighted by molar-refractivity contribution is -0.129. The molecule has 0 bridgehead atoms. The summed E-state index contributed by atoms with van der Waals surface area (Å²) >= 11 is 0. The first-order valence-electron chi connectivity index (χ1n) is 14.9. The fourth-order valence-electron chi connectivity index (χ4n) is 4.77. The molecule has 220 valence electrons. The van der Waals surface area contributed by atoms with E-state index in [9.17, 15) is 19.8 Å². The summed E-state index contributed by atoms with van der Waals surface area (Å²) in [5, 5.41) is 22.8. The maximum absolute atomic E-state index is 14.1. The standard InChI is InChI=1S/C31H46O5.C3H8/c1-20(2)8-14-25-28(33)27(26(32)15-11-23-9-12-24(36-7)13-10-23)30(35)31(29(25)34,18-16-21(3)4)19-17-22(5)6;1-3-2/h9-10,12-13,20-22,33-34H,8,11,14-19H2,1-7H3;3H2,1-2H3. The zero-order valence-corrected chi connectivity index (χ0v) is 26.0. The number of methoxy groups -OCH3 is 1. The fourth-order valence-corrected chi connectivity index (χ4v) is 4.77. The topological polar surface area (TPSA) is 83.8 Å². The molecule has 0 aliphatic heterocycles. The van der Waals surface area contributed by atoms with Crippen LogP contribution in [-0.4, -0.2) is 28.9 Å². The van der Waals surface area contributed by atoms with Crippen LogP contribution in [0.25, 0.3) is 0 Å². The molecule has 2 N–H and O–H groups in total. The SMILES string of the molecule is CCC.COc1ccc(CCC(=O)C2=C(O)C(CCC(C)C)=C(O)C(CCC(C)C)(CCC(C)C)C2=O)cc1. The van der Waals surface area contributed by atoms with E-state index in [1.165, 1.54) is 6.42 Å². The number of hydrogen-bond donors (Lipinski definition) is 2. The summed E-state index contributed by atoms with van der Waals surface area (Å²) in [5.41, 5.74) is 0.0612. The number of carbonyl (C=O) groups is 2. The minimum Gasteiger partial charge on any atom is -0.511 e. The van der Waals surface area contributed by atoms with Crippen LogP contribution < -0.4 is 4.74 Å². The number of ketones is 2. The summed E-state index contributed by atoms with van der Waals surface area (Å²) in [6.07, 6.45) is 5.43. The van der Waals surface area contributed by atoms with Crippen molar-refractivity contribution in [2.24, 2.45) is 23.2 Å². The first-order chi connectivity index (χ1) is 18.3. The number of aliphatic hydroxyl groups is 2. The second-order valence-electron chi connectivity index (χ2n) is 12.2. The highest BCUT2D eigenvalue weighted by atomic mass is 16.5. The zero-order valence-electron chi connectivity index (χ0n) is 26.0. The number of carbonyl (C=O) groups excluding carboxylic acids is 2. The van der Waals surface area contributed by atoms with Crippen molar-refractivity contribution in [3.05, 3.63) is 52.5 Å². The maximum atomic E-state index is 14.1. The van der Waals surface area contributed by atoms with Gasteiger partial charge in [-0.3, -0.25) is 9.59 Å². The Kier molecular flexibility index (Phi) is 14.6. The number of Topliss-reactive ketones (excluding diaryl/α,β-unsaturated/α-hetero) is 2. The fraction of sp³-hybridized carbons (Fsp3) is 0.647. The van der Waals surface area contributed by atoms with Crippen LogP contribution in [0.2, 0.25) is 0 Å². The van der Waals surface area contributed by atoms with Crippen molar-refractivity contribution >= 4 is 11.6 Å². The molecule has 0 atom stereocenters. The van der Waals surface area contributed by atoms with Crippen LogP contribution in [0.15, 0.2) is 46.9 Å². The molecule has 0 spiro atoms. The van der Waals surface area contributed by atoms with Gasteiger partial charge in [0.05, 0.1) is 12.5 Å². The summed E-state index contributed by atoms with van der Waals surface area (Å²) < 4.78 is 5.20. The average Bonchev–Trinajstić information content (AvgIpc) is 2.87. The lowest BCUT2D eigenvalue weighted by Gasteiger charge is -2.38. The van der Waals surface area contributed by atoms with Crippen molar-refractivity contribution in [2.75, 3.05) is 7.11 Å². The molecular formula is C34H54O5. The third-order valence-electron chi connectivity index (χ3n) is 7.27. The quantitative estimate of drug-likeness (QED) is 0.229. The molecule has 0 saturated carbocycles. The van der Waals surface area contributed by atoms with Gasteiger partial charge in [0.15, 0.2) is 11.6 Å². The first-order valence-corrected chi connectivity index (χ1v) is 14.9. The van der Waals surface area contributed by atoms with E-state index in [0.29, 0.717) is 49.0 Å². The minimum atomic E-state index is -1.15. The van der Waals surface area contributed by atoms with Gasteiger partial charge >= 0.3 is 0 Å². The largest absolute Gasteiger partial charge is 0.511 e. The van der Waals surface area contributed by atoms with Gasteiger partial charge in [-0.1, -0.05) is 73.9 Å². The van der Waals surface area contributed by atoms with Crippen LogP contribution in [-0.2, 0) is 16.0 Å². The van der Waals surface area contributed by atoms with Crippen LogP contribution in [0, 0.1) is 23.2 Å². The van der Waals surface area contributed by atoms with Crippen molar-refractivity contribution in [1.29, 1.82) is 0 Å². The third-order valence-corrected chi connectivity index (χ3v) is 7.27. The van der Waals surface area contributed by atoms with Crippen LogP contribution in [0.1, 0.15) is 112 Å². The molecule has 5 nitrogen and oxygen atoms in total. The summed E-state index contributed by atoms with van der Waals surface area (Å²) in [7, 11) is 1.60. The minimum absolute atomic E-state index is 0.0151. The van der Waals surface area contributed by atoms with Gasteiger partial charge in [0, 0.05) is 12.0 Å². The molecule has 1 aromatic rings. The van der Waals surface area contributed by atoms with E-state index in [1.54, 1.807) is 7.11 Å². The maximum Gasteiger partial charge on any atom is 0.183 e. The number of allylic oxidation sites excluding steroid dienone is 3. The second-order valence-corrected chi connectivity index (χ2v) is 12.2. The summed E-state index contributed by atoms with van der Waals surface area (Å²) in [6, 6.07) is 7.49. The third kappa shape index (κ3) is 9.85. The molecule has 0 saturated heterocycles. The molecule has 39 heavy (non-hydrogen) atoms. The van der Waals surface area contributed by atoms with Crippen LogP contribution in [0.5, 0.6) is 5.75 Å². The molecule has 1 aromatic carbocycles. The van der Waals surface area contributed by atoms with Gasteiger partial charge in [-0.2, -0.15) is 0 Å². The molecule has 5 heteroatoms. The molecule has 1 aliphatic rings. The number of aliphatic hydroxyl groups excluding tert-OH is 2. The van der Waals surface area contributed by atoms with Crippen LogP contribution >= 0.6 is 0 Å². The van der Waals surface area contributed by atoms with Gasteiger partial charge in [-0.05, 0) is 80.4 Å². The van der Waals surface area contributed by atoms with E-state index in [4.69, 9.17) is 4.74 Å². The Bertz CT molecular complexity index is 967. The Morgan fingerprint density at radius 2 is 1.33 bits per heavy atom. The Balaban J connectivity index is 0.00000242. The molecule has 0 unspecified atom stereocenters. The lowest BCUT2D eigenvalue weighted by Crippen LogP contribution is -2.41. The summed E-state index contributed by atoms with van der Waals surface area (Å²) in [6.45, 7) is 16.8. The Labute approximate surface area is 237 Å². The van der Waals surface area contributed by atoms with E-state index in [2.05, 4.69) is 55.4 Å². The van der Waals surface area contributed by atoms with Crippen molar-refractivity contribution in [3.8, 4) is 5.75 Å². The first kappa shape index (κ1) is 34.5. The van der Waals surface area contributed by atoms with Gasteiger partial charge < -0.3 is 14.9 Å². The zero-order chi connectivity index (χ0) is 29.8. The number of aryl methyl sites for hydroxylation is 1. The van der Waals surface area contributed by atoms with Crippen molar-refractivity contribution in [1.82, 2.24) is 0 Å². The average molecular weight is 543 g/mol. The lowest BCUT2D eigenvalue weighted by atomic mass is 9.64. The number of ether oxygens (including phenoxy) is 1. The molecule has 0 fully saturated rings. The summed E-state index contributed by atoms with van der Waals surface area (Å²) in [5.74, 6) is 0.673. The molecular weight excluding hydrogens is 488 g/mol. The van der Waals surface area contributed by atoms with E-state index in [0.717, 1.165) is 30.6 Å². The molecule has 0 aromatic heterocycles. The van der Waals surface area contributed by atoms with Gasteiger partial charge in [-0.25, -0.2) is 0 Å². The van der Waals surface area contributed by atoms with Crippen molar-refractivity contribution in [3.63, 3.8) is 0 Å². The highest BCUT2D eigenvalue weighted by Crippen LogP contribution is 2.48. The normalized spacial score (nSPS) is 15.2. The van der Waals surface area contributed by atoms with E-state index in [1.807, 2.05) is 24.3 Å². The molecule has 2 rings (SSSR count). The summed E-state index contributed by atoms with van der Waals surface area (Å²) in [4.78, 5) is 27.6. The molecule has 0 heterocycles.